The summed E-state index contributed by atoms with van der Waals surface area (Å²) in [6, 6.07) is 7.84. The molecular formula is C19H28ClNO2. The molecule has 0 bridgehead atoms. The van der Waals surface area contributed by atoms with Crippen LogP contribution in [0.4, 0.5) is 0 Å². The molecule has 1 aliphatic heterocycles. The number of morpholine rings is 1. The molecule has 0 spiro atoms. The Bertz CT molecular complexity index is 498. The lowest BCUT2D eigenvalue weighted by Gasteiger charge is -2.41. The van der Waals surface area contributed by atoms with E-state index in [9.17, 15) is 5.11 Å². The summed E-state index contributed by atoms with van der Waals surface area (Å²) >= 11 is 6.20. The average molecular weight is 338 g/mol. The Hall–Kier alpha value is -0.610. The van der Waals surface area contributed by atoms with Crippen LogP contribution in [0.1, 0.15) is 44.1 Å². The number of hydrogen-bond acceptors (Lipinski definition) is 3. The third kappa shape index (κ3) is 4.27. The number of ether oxygens (including phenoxy) is 1. The van der Waals surface area contributed by atoms with Crippen LogP contribution in [0, 0.1) is 5.92 Å². The van der Waals surface area contributed by atoms with Gasteiger partial charge in [-0.05, 0) is 42.9 Å². The molecule has 128 valence electrons. The minimum absolute atomic E-state index is 0.343. The van der Waals surface area contributed by atoms with E-state index >= 15 is 0 Å². The molecule has 0 radical (unpaired) electrons. The molecule has 1 aromatic rings. The maximum Gasteiger partial charge on any atom is 0.0937 e. The first-order valence-electron chi connectivity index (χ1n) is 8.97. The van der Waals surface area contributed by atoms with Gasteiger partial charge in [0.15, 0.2) is 0 Å². The van der Waals surface area contributed by atoms with Crippen LogP contribution in [0.5, 0.6) is 0 Å². The molecule has 3 rings (SSSR count). The fourth-order valence-corrected chi connectivity index (χ4v) is 4.27. The lowest BCUT2D eigenvalue weighted by molar-refractivity contribution is -0.0581. The number of aliphatic hydroxyl groups is 1. The van der Waals surface area contributed by atoms with Crippen LogP contribution in [0.2, 0.25) is 5.02 Å². The van der Waals surface area contributed by atoms with Gasteiger partial charge in [0.1, 0.15) is 0 Å². The molecule has 4 heteroatoms. The molecule has 1 N–H and O–H groups in total. The van der Waals surface area contributed by atoms with Crippen molar-refractivity contribution in [2.24, 2.45) is 5.92 Å². The summed E-state index contributed by atoms with van der Waals surface area (Å²) in [7, 11) is 0. The van der Waals surface area contributed by atoms with Crippen LogP contribution in [0.3, 0.4) is 0 Å². The van der Waals surface area contributed by atoms with Crippen molar-refractivity contribution in [2.75, 3.05) is 32.8 Å². The maximum atomic E-state index is 11.6. The van der Waals surface area contributed by atoms with Crippen molar-refractivity contribution in [3.63, 3.8) is 0 Å². The van der Waals surface area contributed by atoms with E-state index in [1.807, 2.05) is 24.3 Å². The maximum absolute atomic E-state index is 11.6. The Kier molecular flexibility index (Phi) is 5.97. The monoisotopic (exact) mass is 337 g/mol. The first-order chi connectivity index (χ1) is 11.2. The topological polar surface area (TPSA) is 32.7 Å². The van der Waals surface area contributed by atoms with E-state index in [2.05, 4.69) is 4.90 Å². The Labute approximate surface area is 144 Å². The zero-order chi connectivity index (χ0) is 16.1. The van der Waals surface area contributed by atoms with Gasteiger partial charge in [0.05, 0.1) is 18.8 Å². The first kappa shape index (κ1) is 17.2. The second-order valence-electron chi connectivity index (χ2n) is 6.97. The highest BCUT2D eigenvalue weighted by atomic mass is 35.5. The van der Waals surface area contributed by atoms with Gasteiger partial charge in [-0.3, -0.25) is 4.90 Å². The van der Waals surface area contributed by atoms with Crippen LogP contribution >= 0.6 is 11.6 Å². The Morgan fingerprint density at radius 2 is 1.91 bits per heavy atom. The van der Waals surface area contributed by atoms with Crippen molar-refractivity contribution in [3.05, 3.63) is 34.9 Å². The predicted octanol–water partition coefficient (Wildman–Crippen LogP) is 3.83. The third-order valence-corrected chi connectivity index (χ3v) is 5.75. The van der Waals surface area contributed by atoms with Crippen LogP contribution in [-0.4, -0.2) is 42.9 Å². The summed E-state index contributed by atoms with van der Waals surface area (Å²) in [6.45, 7) is 4.47. The van der Waals surface area contributed by atoms with Crippen molar-refractivity contribution in [2.45, 2.75) is 44.1 Å². The summed E-state index contributed by atoms with van der Waals surface area (Å²) < 4.78 is 5.43. The zero-order valence-electron chi connectivity index (χ0n) is 13.8. The second kappa shape index (κ2) is 7.98. The molecular weight excluding hydrogens is 310 g/mol. The summed E-state index contributed by atoms with van der Waals surface area (Å²) in [4.78, 5) is 2.40. The van der Waals surface area contributed by atoms with E-state index in [-0.39, 0.29) is 0 Å². The van der Waals surface area contributed by atoms with Crippen LogP contribution < -0.4 is 0 Å². The van der Waals surface area contributed by atoms with E-state index < -0.39 is 5.60 Å². The van der Waals surface area contributed by atoms with E-state index in [1.165, 1.54) is 19.3 Å². The van der Waals surface area contributed by atoms with Crippen LogP contribution in [0.25, 0.3) is 0 Å². The Morgan fingerprint density at radius 3 is 2.61 bits per heavy atom. The van der Waals surface area contributed by atoms with Gasteiger partial charge >= 0.3 is 0 Å². The quantitative estimate of drug-likeness (QED) is 0.886. The molecule has 2 fully saturated rings. The van der Waals surface area contributed by atoms with E-state index in [0.29, 0.717) is 10.9 Å². The predicted molar refractivity (Wildman–Crippen MR) is 93.8 cm³/mol. The van der Waals surface area contributed by atoms with Gasteiger partial charge < -0.3 is 9.84 Å². The lowest BCUT2D eigenvalue weighted by atomic mass is 9.71. The molecule has 1 aliphatic carbocycles. The highest BCUT2D eigenvalue weighted by Gasteiger charge is 2.39. The van der Waals surface area contributed by atoms with Gasteiger partial charge in [0, 0.05) is 24.7 Å². The van der Waals surface area contributed by atoms with Crippen molar-refractivity contribution in [3.8, 4) is 0 Å². The molecule has 0 aromatic heterocycles. The largest absolute Gasteiger partial charge is 0.385 e. The third-order valence-electron chi connectivity index (χ3n) is 5.52. The molecule has 1 atom stereocenters. The van der Waals surface area contributed by atoms with E-state index in [1.54, 1.807) is 0 Å². The Balaban J connectivity index is 1.77. The van der Waals surface area contributed by atoms with Crippen molar-refractivity contribution in [1.29, 1.82) is 0 Å². The molecule has 1 unspecified atom stereocenters. The molecule has 1 saturated heterocycles. The summed E-state index contributed by atoms with van der Waals surface area (Å²) in [6.07, 6.45) is 6.76. The standard InChI is InChI=1S/C19H28ClNO2/c20-18-8-4-7-17(15-18)19(22,16-5-2-1-3-6-16)9-10-21-11-13-23-14-12-21/h4,7-8,15-16,22H,1-3,5-6,9-14H2. The number of hydrogen-bond donors (Lipinski definition) is 1. The fraction of sp³-hybridized carbons (Fsp3) is 0.684. The highest BCUT2D eigenvalue weighted by Crippen LogP contribution is 2.42. The summed E-state index contributed by atoms with van der Waals surface area (Å²) in [5, 5.41) is 12.4. The van der Waals surface area contributed by atoms with Gasteiger partial charge in [0.2, 0.25) is 0 Å². The van der Waals surface area contributed by atoms with Gasteiger partial charge in [-0.25, -0.2) is 0 Å². The van der Waals surface area contributed by atoms with Crippen LogP contribution in [0.15, 0.2) is 24.3 Å². The van der Waals surface area contributed by atoms with Crippen molar-refractivity contribution < 1.29 is 9.84 Å². The fourth-order valence-electron chi connectivity index (χ4n) is 4.08. The average Bonchev–Trinajstić information content (AvgIpc) is 2.61. The minimum Gasteiger partial charge on any atom is -0.385 e. The zero-order valence-corrected chi connectivity index (χ0v) is 14.6. The summed E-state index contributed by atoms with van der Waals surface area (Å²) in [5.74, 6) is 0.343. The van der Waals surface area contributed by atoms with Crippen molar-refractivity contribution in [1.82, 2.24) is 4.90 Å². The lowest BCUT2D eigenvalue weighted by Crippen LogP contribution is -2.43. The Morgan fingerprint density at radius 1 is 1.17 bits per heavy atom. The normalized spacial score (nSPS) is 23.6. The number of rotatable bonds is 5. The molecule has 2 aliphatic rings. The first-order valence-corrected chi connectivity index (χ1v) is 9.35. The highest BCUT2D eigenvalue weighted by molar-refractivity contribution is 6.30. The minimum atomic E-state index is -0.760. The molecule has 1 heterocycles. The molecule has 0 amide bonds. The van der Waals surface area contributed by atoms with Gasteiger partial charge in [-0.1, -0.05) is 43.0 Å². The molecule has 1 aromatic carbocycles. The molecule has 3 nitrogen and oxygen atoms in total. The number of benzene rings is 1. The van der Waals surface area contributed by atoms with Gasteiger partial charge in [-0.15, -0.1) is 0 Å². The summed E-state index contributed by atoms with van der Waals surface area (Å²) in [5.41, 5.74) is 0.231. The number of halogens is 1. The molecule has 23 heavy (non-hydrogen) atoms. The molecule has 1 saturated carbocycles. The smallest absolute Gasteiger partial charge is 0.0937 e. The van der Waals surface area contributed by atoms with E-state index in [0.717, 1.165) is 57.7 Å². The number of nitrogens with zero attached hydrogens (tertiary/aromatic N) is 1. The van der Waals surface area contributed by atoms with E-state index in [4.69, 9.17) is 16.3 Å². The van der Waals surface area contributed by atoms with Crippen LogP contribution in [-0.2, 0) is 10.3 Å². The second-order valence-corrected chi connectivity index (χ2v) is 7.41. The van der Waals surface area contributed by atoms with Gasteiger partial charge in [0.25, 0.3) is 0 Å². The SMILES string of the molecule is OC(CCN1CCOCC1)(c1cccc(Cl)c1)C1CCCCC1. The van der Waals surface area contributed by atoms with Gasteiger partial charge in [-0.2, -0.15) is 0 Å². The van der Waals surface area contributed by atoms with Crippen molar-refractivity contribution >= 4 is 11.6 Å².